The van der Waals surface area contributed by atoms with Crippen LogP contribution in [0.25, 0.3) is 10.8 Å². The average Bonchev–Trinajstić information content (AvgIpc) is 3.95. The van der Waals surface area contributed by atoms with Crippen molar-refractivity contribution in [1.82, 2.24) is 25.2 Å². The molecule has 4 aliphatic rings. The van der Waals surface area contributed by atoms with E-state index < -0.39 is 80.0 Å². The van der Waals surface area contributed by atoms with E-state index in [9.17, 15) is 37.1 Å². The van der Waals surface area contributed by atoms with Gasteiger partial charge in [0.05, 0.1) is 23.8 Å². The molecule has 0 radical (unpaired) electrons. The molecular weight excluding hydrogens is 685 g/mol. The van der Waals surface area contributed by atoms with E-state index >= 15 is 0 Å². The molecule has 0 bridgehead atoms. The van der Waals surface area contributed by atoms with E-state index in [0.29, 0.717) is 42.9 Å². The van der Waals surface area contributed by atoms with Gasteiger partial charge >= 0.3 is 6.09 Å². The van der Waals surface area contributed by atoms with E-state index in [4.69, 9.17) is 9.47 Å². The zero-order valence-electron chi connectivity index (χ0n) is 29.0. The predicted molar refractivity (Wildman–Crippen MR) is 183 cm³/mol. The van der Waals surface area contributed by atoms with Crippen molar-refractivity contribution in [3.63, 3.8) is 0 Å². The Bertz CT molecular complexity index is 1890. The number of halogens is 1. The summed E-state index contributed by atoms with van der Waals surface area (Å²) in [5.74, 6) is -3.37. The van der Waals surface area contributed by atoms with E-state index in [2.05, 4.69) is 20.3 Å². The molecule has 51 heavy (non-hydrogen) atoms. The molecule has 1 aromatic heterocycles. The molecule has 2 saturated carbocycles. The fourth-order valence-electron chi connectivity index (χ4n) is 7.34. The number of pyridine rings is 1. The zero-order valence-corrected chi connectivity index (χ0v) is 29.8. The third-order valence-electron chi connectivity index (χ3n) is 10.8. The van der Waals surface area contributed by atoms with Crippen molar-refractivity contribution < 1.29 is 46.6 Å². The highest BCUT2D eigenvalue weighted by atomic mass is 32.2. The molecule has 14 nitrogen and oxygen atoms in total. The number of allylic oxidation sites excluding steroid dienone is 1. The lowest BCUT2D eigenvalue weighted by Crippen LogP contribution is -2.59. The minimum atomic E-state index is -4.02. The Morgan fingerprint density at radius 3 is 2.59 bits per heavy atom. The molecule has 1 aromatic carbocycles. The largest absolute Gasteiger partial charge is 0.496 e. The predicted octanol–water partition coefficient (Wildman–Crippen LogP) is 3.25. The fraction of sp³-hybridized carbons (Fsp3) is 0.571. The van der Waals surface area contributed by atoms with Gasteiger partial charge in [-0.1, -0.05) is 26.0 Å². The number of fused-ring (bicyclic) bond motifs is 3. The number of carbonyl (C=O) groups is 4. The first-order valence-corrected chi connectivity index (χ1v) is 18.7. The Morgan fingerprint density at radius 1 is 1.16 bits per heavy atom. The highest BCUT2D eigenvalue weighted by Crippen LogP contribution is 2.47. The van der Waals surface area contributed by atoms with Crippen molar-refractivity contribution in [2.24, 2.45) is 17.8 Å². The maximum absolute atomic E-state index is 14.6. The van der Waals surface area contributed by atoms with Crippen LogP contribution in [-0.4, -0.2) is 89.4 Å². The van der Waals surface area contributed by atoms with Gasteiger partial charge in [-0.3, -0.25) is 19.1 Å². The van der Waals surface area contributed by atoms with Crippen LogP contribution >= 0.6 is 0 Å². The van der Waals surface area contributed by atoms with E-state index in [1.54, 1.807) is 19.9 Å². The Morgan fingerprint density at radius 2 is 1.90 bits per heavy atom. The molecule has 7 atom stereocenters. The van der Waals surface area contributed by atoms with Gasteiger partial charge in [-0.05, 0) is 69.4 Å². The van der Waals surface area contributed by atoms with E-state index in [1.165, 1.54) is 30.3 Å². The molecule has 4 amide bonds. The van der Waals surface area contributed by atoms with Crippen molar-refractivity contribution in [3.8, 4) is 11.6 Å². The van der Waals surface area contributed by atoms with E-state index in [1.807, 2.05) is 19.1 Å². The molecule has 6 rings (SSSR count). The summed E-state index contributed by atoms with van der Waals surface area (Å²) in [5.41, 5.74) is -1.58. The molecule has 2 aliphatic heterocycles. The van der Waals surface area contributed by atoms with Crippen LogP contribution in [0.5, 0.6) is 11.6 Å². The Balaban J connectivity index is 1.35. The van der Waals surface area contributed by atoms with Crippen LogP contribution in [-0.2, 0) is 24.4 Å². The summed E-state index contributed by atoms with van der Waals surface area (Å²) < 4.78 is 53.4. The van der Waals surface area contributed by atoms with Gasteiger partial charge in [-0.15, -0.1) is 0 Å². The quantitative estimate of drug-likeness (QED) is 0.308. The first kappa shape index (κ1) is 36.3. The first-order valence-electron chi connectivity index (χ1n) is 17.2. The summed E-state index contributed by atoms with van der Waals surface area (Å²) in [6.45, 7) is 5.18. The number of carbonyl (C=O) groups excluding carboxylic acids is 3. The minimum absolute atomic E-state index is 0.0373. The van der Waals surface area contributed by atoms with Gasteiger partial charge in [0.15, 0.2) is 0 Å². The van der Waals surface area contributed by atoms with Crippen LogP contribution in [0.3, 0.4) is 0 Å². The third-order valence-corrected chi connectivity index (χ3v) is 13.0. The average molecular weight is 730 g/mol. The normalized spacial score (nSPS) is 31.2. The molecule has 2 aromatic rings. The number of ether oxygens (including phenoxy) is 2. The zero-order chi connectivity index (χ0) is 36.9. The van der Waals surface area contributed by atoms with E-state index in [-0.39, 0.29) is 36.9 Å². The summed E-state index contributed by atoms with van der Waals surface area (Å²) in [6.07, 6.45) is 5.66. The van der Waals surface area contributed by atoms with Gasteiger partial charge in [0.1, 0.15) is 35.3 Å². The van der Waals surface area contributed by atoms with Gasteiger partial charge in [0.25, 0.3) is 5.91 Å². The number of nitrogens with zero attached hydrogens (tertiary/aromatic N) is 2. The second kappa shape index (κ2) is 13.6. The Labute approximate surface area is 295 Å². The molecule has 3 fully saturated rings. The molecule has 1 saturated heterocycles. The molecule has 0 spiro atoms. The lowest BCUT2D eigenvalue weighted by molar-refractivity contribution is -0.142. The van der Waals surface area contributed by atoms with Crippen LogP contribution in [0.2, 0.25) is 0 Å². The van der Waals surface area contributed by atoms with Crippen LogP contribution in [0.15, 0.2) is 36.5 Å². The summed E-state index contributed by atoms with van der Waals surface area (Å²) in [6, 6.07) is 1.66. The molecular formula is C35H44FN5O9S. The molecule has 3 heterocycles. The van der Waals surface area contributed by atoms with Gasteiger partial charge < -0.3 is 30.1 Å². The second-order valence-electron chi connectivity index (χ2n) is 14.7. The summed E-state index contributed by atoms with van der Waals surface area (Å²) >= 11 is 0. The van der Waals surface area contributed by atoms with Crippen molar-refractivity contribution in [2.45, 2.75) is 94.2 Å². The third kappa shape index (κ3) is 7.19. The minimum Gasteiger partial charge on any atom is -0.496 e. The maximum atomic E-state index is 14.6. The number of carboxylic acid groups (broad SMARTS) is 1. The SMILES string of the molecule is COc1cc(F)cc2c(O[C@@H]3C[C@H]4C(=O)N[C@]5(C(=O)NS(=O)(=O)C6(C)CC6)C[C@H]5/C=C\CC[C@H](C)C[C@@H](C)[C@H](NC(=O)O)C(=O)N4C3)nccc12. The number of hydrogen-bond acceptors (Lipinski definition) is 9. The summed E-state index contributed by atoms with van der Waals surface area (Å²) in [5, 5.41) is 15.7. The molecule has 2 aliphatic carbocycles. The highest BCUT2D eigenvalue weighted by molar-refractivity contribution is 7.91. The second-order valence-corrected chi connectivity index (χ2v) is 16.9. The Kier molecular flexibility index (Phi) is 9.67. The van der Waals surface area contributed by atoms with Gasteiger partial charge in [0.2, 0.25) is 27.7 Å². The number of aromatic nitrogens is 1. The van der Waals surface area contributed by atoms with Gasteiger partial charge in [-0.25, -0.2) is 22.6 Å². The number of methoxy groups -OCH3 is 1. The van der Waals surface area contributed by atoms with Crippen molar-refractivity contribution >= 4 is 44.6 Å². The van der Waals surface area contributed by atoms with Crippen LogP contribution in [0.4, 0.5) is 9.18 Å². The Hall–Kier alpha value is -4.47. The monoisotopic (exact) mass is 729 g/mol. The smallest absolute Gasteiger partial charge is 0.405 e. The molecule has 276 valence electrons. The number of rotatable bonds is 7. The maximum Gasteiger partial charge on any atom is 0.405 e. The molecule has 0 unspecified atom stereocenters. The number of amides is 4. The standard InChI is InChI=1S/C35H44FN5O9S/c1-19-7-5-6-8-21-17-35(21,32(44)40-51(47,48)34(3)10-11-34)39-29(42)26-16-23(18-41(26)31(43)28(20(2)13-19)38-33(45)46)50-30-25-14-22(36)15-27(49-4)24(25)9-12-37-30/h6,8-9,12,14-15,19-21,23,26,28,38H,5,7,10-11,13,16-18H2,1-4H3,(H,39,42)(H,40,44)(H,45,46)/b8-6-/t19-,20+,21+,23+,26-,28-,35+/m0/s1. The lowest BCUT2D eigenvalue weighted by atomic mass is 9.88. The number of benzene rings is 1. The summed E-state index contributed by atoms with van der Waals surface area (Å²) in [7, 11) is -2.62. The van der Waals surface area contributed by atoms with Crippen molar-refractivity contribution in [2.75, 3.05) is 13.7 Å². The molecule has 4 N–H and O–H groups in total. The van der Waals surface area contributed by atoms with Crippen LogP contribution in [0, 0.1) is 23.6 Å². The van der Waals surface area contributed by atoms with Crippen molar-refractivity contribution in [1.29, 1.82) is 0 Å². The number of sulfonamides is 1. The lowest BCUT2D eigenvalue weighted by Gasteiger charge is -2.32. The molecule has 16 heteroatoms. The number of nitrogens with one attached hydrogen (secondary N) is 3. The van der Waals surface area contributed by atoms with Gasteiger partial charge in [0, 0.05) is 30.0 Å². The fourth-order valence-corrected chi connectivity index (χ4v) is 8.65. The van der Waals surface area contributed by atoms with Crippen LogP contribution < -0.4 is 24.8 Å². The van der Waals surface area contributed by atoms with E-state index in [0.717, 1.165) is 0 Å². The van der Waals surface area contributed by atoms with Crippen molar-refractivity contribution in [3.05, 3.63) is 42.4 Å². The highest BCUT2D eigenvalue weighted by Gasteiger charge is 2.63. The van der Waals surface area contributed by atoms with Gasteiger partial charge in [-0.2, -0.15) is 0 Å². The summed E-state index contributed by atoms with van der Waals surface area (Å²) in [4.78, 5) is 59.8. The topological polar surface area (TPSA) is 193 Å². The number of hydrogen-bond donors (Lipinski definition) is 4. The van der Waals surface area contributed by atoms with Crippen LogP contribution in [0.1, 0.15) is 65.7 Å². The first-order chi connectivity index (χ1) is 24.1.